The number of nitrogens with zero attached hydrogens (tertiary/aromatic N) is 3. The van der Waals surface area contributed by atoms with Crippen molar-refractivity contribution in [2.75, 3.05) is 43.3 Å². The molecule has 138 valence electrons. The Labute approximate surface area is 156 Å². The van der Waals surface area contributed by atoms with Crippen molar-refractivity contribution in [1.29, 1.82) is 0 Å². The first kappa shape index (κ1) is 16.0. The Morgan fingerprint density at radius 3 is 2.63 bits per heavy atom. The fourth-order valence-corrected chi connectivity index (χ4v) is 3.20. The van der Waals surface area contributed by atoms with Crippen molar-refractivity contribution < 1.29 is 14.2 Å². The van der Waals surface area contributed by atoms with Gasteiger partial charge in [0.2, 0.25) is 12.7 Å². The van der Waals surface area contributed by atoms with Gasteiger partial charge in [0, 0.05) is 30.0 Å². The lowest BCUT2D eigenvalue weighted by atomic mass is 10.2. The molecular weight excluding hydrogens is 346 g/mol. The van der Waals surface area contributed by atoms with Crippen molar-refractivity contribution in [2.24, 2.45) is 0 Å². The van der Waals surface area contributed by atoms with E-state index in [0.29, 0.717) is 11.8 Å². The summed E-state index contributed by atoms with van der Waals surface area (Å²) in [5.74, 6) is 2.65. The Kier molecular flexibility index (Phi) is 4.02. The van der Waals surface area contributed by atoms with Crippen LogP contribution < -0.4 is 19.7 Å². The molecule has 0 bridgehead atoms. The van der Waals surface area contributed by atoms with Crippen LogP contribution in [-0.2, 0) is 4.74 Å². The summed E-state index contributed by atoms with van der Waals surface area (Å²) in [7, 11) is 0. The fraction of sp³-hybridized carbons (Fsp3) is 0.263. The van der Waals surface area contributed by atoms with Crippen molar-refractivity contribution in [1.82, 2.24) is 15.2 Å². The molecule has 3 heterocycles. The van der Waals surface area contributed by atoms with E-state index in [0.717, 1.165) is 49.1 Å². The second-order valence-electron chi connectivity index (χ2n) is 6.35. The van der Waals surface area contributed by atoms with Crippen LogP contribution in [0.3, 0.4) is 0 Å². The zero-order valence-corrected chi connectivity index (χ0v) is 14.6. The molecule has 8 heteroatoms. The first-order chi connectivity index (χ1) is 13.3. The molecule has 0 radical (unpaired) electrons. The number of H-pyrrole nitrogens is 1. The van der Waals surface area contributed by atoms with E-state index < -0.39 is 0 Å². The van der Waals surface area contributed by atoms with Gasteiger partial charge in [0.1, 0.15) is 0 Å². The molecule has 2 N–H and O–H groups in total. The van der Waals surface area contributed by atoms with Gasteiger partial charge >= 0.3 is 0 Å². The Hall–Kier alpha value is -3.26. The summed E-state index contributed by atoms with van der Waals surface area (Å²) in [5, 5.41) is 10.4. The Bertz CT molecular complexity index is 935. The monoisotopic (exact) mass is 365 g/mol. The highest BCUT2D eigenvalue weighted by Gasteiger charge is 2.16. The molecule has 8 nitrogen and oxygen atoms in total. The van der Waals surface area contributed by atoms with Gasteiger partial charge in [-0.1, -0.05) is 0 Å². The third-order valence-corrected chi connectivity index (χ3v) is 4.63. The predicted molar refractivity (Wildman–Crippen MR) is 101 cm³/mol. The van der Waals surface area contributed by atoms with Gasteiger partial charge in [-0.25, -0.2) is 0 Å². The molecule has 2 aliphatic rings. The molecule has 2 aromatic carbocycles. The topological polar surface area (TPSA) is 84.5 Å². The highest BCUT2D eigenvalue weighted by atomic mass is 16.7. The van der Waals surface area contributed by atoms with Gasteiger partial charge in [-0.05, 0) is 42.5 Å². The van der Waals surface area contributed by atoms with Crippen molar-refractivity contribution >= 4 is 17.3 Å². The van der Waals surface area contributed by atoms with Crippen LogP contribution in [0.1, 0.15) is 0 Å². The molecule has 3 aromatic rings. The summed E-state index contributed by atoms with van der Waals surface area (Å²) in [4.78, 5) is 6.83. The van der Waals surface area contributed by atoms with E-state index in [1.54, 1.807) is 0 Å². The van der Waals surface area contributed by atoms with Gasteiger partial charge in [0.15, 0.2) is 17.3 Å². The van der Waals surface area contributed by atoms with E-state index >= 15 is 0 Å². The SMILES string of the molecule is c1cc(N2CCOCC2)ccc1Nc1n[nH]c(-c2ccc3c(c2)OCO3)n1. The summed E-state index contributed by atoms with van der Waals surface area (Å²) in [6.45, 7) is 3.65. The van der Waals surface area contributed by atoms with Crippen LogP contribution in [-0.4, -0.2) is 48.3 Å². The molecule has 0 unspecified atom stereocenters. The summed E-state index contributed by atoms with van der Waals surface area (Å²) in [6, 6.07) is 13.9. The number of nitrogens with one attached hydrogen (secondary N) is 2. The van der Waals surface area contributed by atoms with Crippen LogP contribution >= 0.6 is 0 Å². The van der Waals surface area contributed by atoms with Crippen molar-refractivity contribution in [3.63, 3.8) is 0 Å². The van der Waals surface area contributed by atoms with Gasteiger partial charge < -0.3 is 24.4 Å². The van der Waals surface area contributed by atoms with Crippen LogP contribution in [0.15, 0.2) is 42.5 Å². The molecule has 0 spiro atoms. The van der Waals surface area contributed by atoms with Crippen LogP contribution in [0.5, 0.6) is 11.5 Å². The number of benzene rings is 2. The van der Waals surface area contributed by atoms with E-state index in [4.69, 9.17) is 14.2 Å². The molecule has 0 saturated carbocycles. The average molecular weight is 365 g/mol. The van der Waals surface area contributed by atoms with E-state index in [1.165, 1.54) is 5.69 Å². The molecule has 1 fully saturated rings. The first-order valence-corrected chi connectivity index (χ1v) is 8.87. The molecule has 2 aliphatic heterocycles. The van der Waals surface area contributed by atoms with E-state index in [-0.39, 0.29) is 6.79 Å². The number of fused-ring (bicyclic) bond motifs is 1. The number of aromatic amines is 1. The van der Waals surface area contributed by atoms with Gasteiger partial charge in [-0.3, -0.25) is 5.10 Å². The zero-order valence-electron chi connectivity index (χ0n) is 14.6. The largest absolute Gasteiger partial charge is 0.454 e. The molecule has 1 saturated heterocycles. The minimum Gasteiger partial charge on any atom is -0.454 e. The molecule has 0 aliphatic carbocycles. The highest BCUT2D eigenvalue weighted by molar-refractivity contribution is 5.64. The summed E-state index contributed by atoms with van der Waals surface area (Å²) in [5.41, 5.74) is 3.02. The van der Waals surface area contributed by atoms with E-state index in [2.05, 4.69) is 37.5 Å². The number of morpholine rings is 1. The standard InChI is InChI=1S/C19H19N5O3/c1-6-16-17(27-12-26-16)11-13(1)18-21-19(23-22-18)20-14-2-4-15(5-3-14)24-7-9-25-10-8-24/h1-6,11H,7-10,12H2,(H2,20,21,22,23). The molecular formula is C19H19N5O3. The fourth-order valence-electron chi connectivity index (χ4n) is 3.20. The smallest absolute Gasteiger partial charge is 0.246 e. The second kappa shape index (κ2) is 6.81. The van der Waals surface area contributed by atoms with Gasteiger partial charge in [-0.15, -0.1) is 5.10 Å². The van der Waals surface area contributed by atoms with Crippen molar-refractivity contribution in [2.45, 2.75) is 0 Å². The van der Waals surface area contributed by atoms with E-state index in [1.807, 2.05) is 30.3 Å². The van der Waals surface area contributed by atoms with E-state index in [9.17, 15) is 0 Å². The Morgan fingerprint density at radius 1 is 0.963 bits per heavy atom. The lowest BCUT2D eigenvalue weighted by Gasteiger charge is -2.28. The number of hydrogen-bond acceptors (Lipinski definition) is 7. The number of ether oxygens (including phenoxy) is 3. The normalized spacial score (nSPS) is 15.8. The Balaban J connectivity index is 1.29. The summed E-state index contributed by atoms with van der Waals surface area (Å²) >= 11 is 0. The average Bonchev–Trinajstić information content (AvgIpc) is 3.38. The first-order valence-electron chi connectivity index (χ1n) is 8.87. The molecule has 27 heavy (non-hydrogen) atoms. The van der Waals surface area contributed by atoms with Gasteiger partial charge in [-0.2, -0.15) is 4.98 Å². The van der Waals surface area contributed by atoms with Crippen molar-refractivity contribution in [3.05, 3.63) is 42.5 Å². The van der Waals surface area contributed by atoms with Crippen LogP contribution in [0.25, 0.3) is 11.4 Å². The quantitative estimate of drug-likeness (QED) is 0.735. The number of aromatic nitrogens is 3. The van der Waals surface area contributed by atoms with Gasteiger partial charge in [0.05, 0.1) is 13.2 Å². The molecule has 1 aromatic heterocycles. The third kappa shape index (κ3) is 3.26. The van der Waals surface area contributed by atoms with Crippen molar-refractivity contribution in [3.8, 4) is 22.9 Å². The molecule has 0 atom stereocenters. The minimum absolute atomic E-state index is 0.252. The van der Waals surface area contributed by atoms with Crippen LogP contribution in [0, 0.1) is 0 Å². The lowest BCUT2D eigenvalue weighted by molar-refractivity contribution is 0.122. The third-order valence-electron chi connectivity index (χ3n) is 4.63. The second-order valence-corrected chi connectivity index (χ2v) is 6.35. The van der Waals surface area contributed by atoms with Crippen LogP contribution in [0.4, 0.5) is 17.3 Å². The number of rotatable bonds is 4. The van der Waals surface area contributed by atoms with Crippen LogP contribution in [0.2, 0.25) is 0 Å². The minimum atomic E-state index is 0.252. The zero-order chi connectivity index (χ0) is 18.1. The summed E-state index contributed by atoms with van der Waals surface area (Å²) < 4.78 is 16.1. The number of hydrogen-bond donors (Lipinski definition) is 2. The summed E-state index contributed by atoms with van der Waals surface area (Å²) in [6.07, 6.45) is 0. The maximum Gasteiger partial charge on any atom is 0.246 e. The maximum atomic E-state index is 5.41. The molecule has 5 rings (SSSR count). The maximum absolute atomic E-state index is 5.41. The lowest BCUT2D eigenvalue weighted by Crippen LogP contribution is -2.36. The number of anilines is 3. The van der Waals surface area contributed by atoms with Gasteiger partial charge in [0.25, 0.3) is 0 Å². The Morgan fingerprint density at radius 2 is 1.78 bits per heavy atom. The molecule has 0 amide bonds. The predicted octanol–water partition coefficient (Wildman–Crippen LogP) is 2.78. The highest BCUT2D eigenvalue weighted by Crippen LogP contribution is 2.35.